The van der Waals surface area contributed by atoms with E-state index >= 15 is 0 Å². The number of halogens is 1. The lowest BCUT2D eigenvalue weighted by Gasteiger charge is -2.07. The van der Waals surface area contributed by atoms with E-state index in [4.69, 9.17) is 5.73 Å². The number of hydrogen-bond acceptors (Lipinski definition) is 3. The summed E-state index contributed by atoms with van der Waals surface area (Å²) in [5.41, 5.74) is 7.24. The summed E-state index contributed by atoms with van der Waals surface area (Å²) in [7, 11) is 0. The van der Waals surface area contributed by atoms with Gasteiger partial charge in [0.1, 0.15) is 5.82 Å². The summed E-state index contributed by atoms with van der Waals surface area (Å²) in [4.78, 5) is 5.85. The van der Waals surface area contributed by atoms with Gasteiger partial charge in [-0.05, 0) is 36.4 Å². The zero-order chi connectivity index (χ0) is 13.2. The van der Waals surface area contributed by atoms with E-state index in [1.807, 2.05) is 30.3 Å². The van der Waals surface area contributed by atoms with Crippen LogP contribution >= 0.6 is 11.8 Å². The quantitative estimate of drug-likeness (QED) is 0.712. The molecule has 1 aromatic heterocycles. The second kappa shape index (κ2) is 4.90. The van der Waals surface area contributed by atoms with Gasteiger partial charge in [0.05, 0.1) is 5.52 Å². The molecule has 0 saturated heterocycles. The first kappa shape index (κ1) is 12.0. The third-order valence-corrected chi connectivity index (χ3v) is 3.91. The number of nitrogens with two attached hydrogens (primary N) is 1. The van der Waals surface area contributed by atoms with Gasteiger partial charge in [-0.2, -0.15) is 0 Å². The van der Waals surface area contributed by atoms with Crippen molar-refractivity contribution in [2.24, 2.45) is 0 Å². The lowest BCUT2D eigenvalue weighted by atomic mass is 10.2. The molecule has 2 aromatic carbocycles. The number of fused-ring (bicyclic) bond motifs is 1. The molecule has 0 spiro atoms. The normalized spacial score (nSPS) is 10.8. The van der Waals surface area contributed by atoms with Gasteiger partial charge >= 0.3 is 0 Å². The van der Waals surface area contributed by atoms with Gasteiger partial charge < -0.3 is 5.73 Å². The smallest absolute Gasteiger partial charge is 0.137 e. The summed E-state index contributed by atoms with van der Waals surface area (Å²) < 4.78 is 13.7. The molecular formula is C15H11FN2S. The molecule has 2 N–H and O–H groups in total. The number of pyridine rings is 1. The lowest BCUT2D eigenvalue weighted by molar-refractivity contribution is 0.602. The van der Waals surface area contributed by atoms with E-state index < -0.39 is 0 Å². The SMILES string of the molecule is Nc1ccc2c(Sc3ccccc3F)ccnc2c1. The number of rotatable bonds is 2. The minimum absolute atomic E-state index is 0.215. The number of nitrogens with zero attached hydrogens (tertiary/aromatic N) is 1. The molecule has 0 saturated carbocycles. The third kappa shape index (κ3) is 2.39. The molecule has 3 rings (SSSR count). The van der Waals surface area contributed by atoms with Crippen molar-refractivity contribution in [3.63, 3.8) is 0 Å². The Morgan fingerprint density at radius 3 is 2.68 bits per heavy atom. The van der Waals surface area contributed by atoms with E-state index in [9.17, 15) is 4.39 Å². The van der Waals surface area contributed by atoms with E-state index in [2.05, 4.69) is 4.98 Å². The van der Waals surface area contributed by atoms with Crippen molar-refractivity contribution in [1.29, 1.82) is 0 Å². The Balaban J connectivity index is 2.09. The van der Waals surface area contributed by atoms with E-state index in [-0.39, 0.29) is 5.82 Å². The van der Waals surface area contributed by atoms with Gasteiger partial charge in [0.15, 0.2) is 0 Å². The molecular weight excluding hydrogens is 259 g/mol. The molecule has 0 aliphatic heterocycles. The zero-order valence-electron chi connectivity index (χ0n) is 10.0. The second-order valence-electron chi connectivity index (χ2n) is 4.12. The summed E-state index contributed by atoms with van der Waals surface area (Å²) in [5, 5.41) is 0.977. The molecule has 94 valence electrons. The lowest BCUT2D eigenvalue weighted by Crippen LogP contribution is -1.87. The second-order valence-corrected chi connectivity index (χ2v) is 5.20. The molecule has 0 amide bonds. The van der Waals surface area contributed by atoms with E-state index in [0.717, 1.165) is 15.8 Å². The fourth-order valence-corrected chi connectivity index (χ4v) is 2.83. The first-order valence-electron chi connectivity index (χ1n) is 5.81. The van der Waals surface area contributed by atoms with Crippen LogP contribution in [0.4, 0.5) is 10.1 Å². The van der Waals surface area contributed by atoms with Crippen molar-refractivity contribution >= 4 is 28.4 Å². The Labute approximate surface area is 114 Å². The summed E-state index contributed by atoms with van der Waals surface area (Å²) in [6.07, 6.45) is 1.71. The fraction of sp³-hybridized carbons (Fsp3) is 0. The Morgan fingerprint density at radius 2 is 1.84 bits per heavy atom. The van der Waals surface area contributed by atoms with Crippen molar-refractivity contribution in [3.05, 3.63) is 60.5 Å². The van der Waals surface area contributed by atoms with Crippen LogP contribution in [0.25, 0.3) is 10.9 Å². The highest BCUT2D eigenvalue weighted by Crippen LogP contribution is 2.34. The molecule has 1 heterocycles. The van der Waals surface area contributed by atoms with Crippen molar-refractivity contribution in [2.75, 3.05) is 5.73 Å². The van der Waals surface area contributed by atoms with Crippen molar-refractivity contribution < 1.29 is 4.39 Å². The highest BCUT2D eigenvalue weighted by molar-refractivity contribution is 7.99. The van der Waals surface area contributed by atoms with E-state index in [1.54, 1.807) is 18.3 Å². The van der Waals surface area contributed by atoms with E-state index in [1.165, 1.54) is 17.8 Å². The van der Waals surface area contributed by atoms with Crippen LogP contribution in [0.1, 0.15) is 0 Å². The topological polar surface area (TPSA) is 38.9 Å². The number of nitrogen functional groups attached to an aromatic ring is 1. The minimum Gasteiger partial charge on any atom is -0.399 e. The molecule has 0 aliphatic carbocycles. The molecule has 19 heavy (non-hydrogen) atoms. The Hall–Kier alpha value is -2.07. The standard InChI is InChI=1S/C15H11FN2S/c16-12-3-1-2-4-15(12)19-14-7-8-18-13-9-10(17)5-6-11(13)14/h1-9H,17H2. The van der Waals surface area contributed by atoms with Gasteiger partial charge in [-0.25, -0.2) is 4.39 Å². The van der Waals surface area contributed by atoms with Gasteiger partial charge in [0.2, 0.25) is 0 Å². The zero-order valence-corrected chi connectivity index (χ0v) is 10.8. The van der Waals surface area contributed by atoms with Gasteiger partial charge in [-0.1, -0.05) is 23.9 Å². The summed E-state index contributed by atoms with van der Waals surface area (Å²) in [5.74, 6) is -0.215. The molecule has 3 aromatic rings. The summed E-state index contributed by atoms with van der Waals surface area (Å²) in [6.45, 7) is 0. The van der Waals surface area contributed by atoms with Gasteiger partial charge in [0, 0.05) is 27.1 Å². The summed E-state index contributed by atoms with van der Waals surface area (Å²) >= 11 is 1.39. The van der Waals surface area contributed by atoms with Crippen LogP contribution in [0, 0.1) is 5.82 Å². The molecule has 0 bridgehead atoms. The molecule has 0 aliphatic rings. The van der Waals surface area contributed by atoms with Crippen molar-refractivity contribution in [3.8, 4) is 0 Å². The van der Waals surface area contributed by atoms with E-state index in [0.29, 0.717) is 10.6 Å². The fourth-order valence-electron chi connectivity index (χ4n) is 1.87. The highest BCUT2D eigenvalue weighted by Gasteiger charge is 2.07. The monoisotopic (exact) mass is 270 g/mol. The van der Waals surface area contributed by atoms with Crippen molar-refractivity contribution in [2.45, 2.75) is 9.79 Å². The number of benzene rings is 2. The first-order chi connectivity index (χ1) is 9.24. The van der Waals surface area contributed by atoms with Crippen molar-refractivity contribution in [1.82, 2.24) is 4.98 Å². The number of hydrogen-bond donors (Lipinski definition) is 1. The maximum Gasteiger partial charge on any atom is 0.137 e. The van der Waals surface area contributed by atoms with Gasteiger partial charge in [0.25, 0.3) is 0 Å². The predicted molar refractivity (Wildman–Crippen MR) is 76.7 cm³/mol. The average molecular weight is 270 g/mol. The number of anilines is 1. The Bertz CT molecular complexity index is 743. The molecule has 0 radical (unpaired) electrons. The minimum atomic E-state index is -0.215. The van der Waals surface area contributed by atoms with Crippen LogP contribution in [-0.4, -0.2) is 4.98 Å². The van der Waals surface area contributed by atoms with Crippen LogP contribution in [0.3, 0.4) is 0 Å². The van der Waals surface area contributed by atoms with Crippen LogP contribution < -0.4 is 5.73 Å². The molecule has 4 heteroatoms. The van der Waals surface area contributed by atoms with Crippen LogP contribution in [-0.2, 0) is 0 Å². The average Bonchev–Trinajstić information content (AvgIpc) is 2.41. The number of aromatic nitrogens is 1. The highest BCUT2D eigenvalue weighted by atomic mass is 32.2. The van der Waals surface area contributed by atoms with Crippen LogP contribution in [0.15, 0.2) is 64.5 Å². The van der Waals surface area contributed by atoms with Crippen LogP contribution in [0.5, 0.6) is 0 Å². The van der Waals surface area contributed by atoms with Gasteiger partial charge in [-0.3, -0.25) is 4.98 Å². The Kier molecular flexibility index (Phi) is 3.09. The van der Waals surface area contributed by atoms with Gasteiger partial charge in [-0.15, -0.1) is 0 Å². The predicted octanol–water partition coefficient (Wildman–Crippen LogP) is 4.11. The maximum atomic E-state index is 13.7. The molecule has 0 fully saturated rings. The Morgan fingerprint density at radius 1 is 1.00 bits per heavy atom. The maximum absolute atomic E-state index is 13.7. The molecule has 0 atom stereocenters. The van der Waals surface area contributed by atoms with Crippen LogP contribution in [0.2, 0.25) is 0 Å². The third-order valence-electron chi connectivity index (χ3n) is 2.78. The first-order valence-corrected chi connectivity index (χ1v) is 6.62. The molecule has 2 nitrogen and oxygen atoms in total. The largest absolute Gasteiger partial charge is 0.399 e. The molecule has 0 unspecified atom stereocenters. The summed E-state index contributed by atoms with van der Waals surface area (Å²) in [6, 6.07) is 14.2.